The Morgan fingerprint density at radius 3 is 2.90 bits per heavy atom. The molecule has 0 radical (unpaired) electrons. The highest BCUT2D eigenvalue weighted by Gasteiger charge is 2.49. The Hall–Kier alpha value is -2.23. The molecule has 1 fully saturated rings. The summed E-state index contributed by atoms with van der Waals surface area (Å²) in [6.07, 6.45) is -0.295. The number of hydrogen-bond donors (Lipinski definition) is 3. The fraction of sp³-hybridized carbons (Fsp3) is 0.400. The third kappa shape index (κ3) is 2.99. The van der Waals surface area contributed by atoms with Gasteiger partial charge in [-0.05, 0) is 35.7 Å². The van der Waals surface area contributed by atoms with Crippen molar-refractivity contribution >= 4 is 28.5 Å². The lowest BCUT2D eigenvalue weighted by molar-refractivity contribution is -0.113. The summed E-state index contributed by atoms with van der Waals surface area (Å²) < 4.78 is 13.8. The van der Waals surface area contributed by atoms with Gasteiger partial charge in [0.15, 0.2) is 6.23 Å². The molecule has 2 aliphatic rings. The lowest BCUT2D eigenvalue weighted by Gasteiger charge is -2.31. The van der Waals surface area contributed by atoms with Crippen LogP contribution < -0.4 is 5.32 Å². The zero-order valence-electron chi connectivity index (χ0n) is 15.7. The molecule has 0 spiro atoms. The Labute approximate surface area is 172 Å². The number of nitrogens with one attached hydrogen (secondary N) is 1. The van der Waals surface area contributed by atoms with Gasteiger partial charge in [-0.3, -0.25) is 0 Å². The fourth-order valence-electron chi connectivity index (χ4n) is 4.27. The number of benzene rings is 1. The minimum absolute atomic E-state index is 0.491. The van der Waals surface area contributed by atoms with E-state index in [9.17, 15) is 10.2 Å². The third-order valence-corrected chi connectivity index (χ3v) is 5.91. The highest BCUT2D eigenvalue weighted by Crippen LogP contribution is 2.41. The summed E-state index contributed by atoms with van der Waals surface area (Å²) >= 11 is 6.12. The van der Waals surface area contributed by atoms with Gasteiger partial charge in [-0.2, -0.15) is 0 Å². The number of aromatic nitrogens is 3. The van der Waals surface area contributed by atoms with Gasteiger partial charge >= 0.3 is 0 Å². The van der Waals surface area contributed by atoms with Crippen LogP contribution in [-0.2, 0) is 15.9 Å². The van der Waals surface area contributed by atoms with Gasteiger partial charge in [-0.25, -0.2) is 9.97 Å². The van der Waals surface area contributed by atoms with Crippen molar-refractivity contribution in [3.63, 3.8) is 0 Å². The van der Waals surface area contributed by atoms with E-state index in [0.29, 0.717) is 23.1 Å². The third-order valence-electron chi connectivity index (χ3n) is 5.67. The molecule has 0 bridgehead atoms. The average molecular weight is 417 g/mol. The topological polar surface area (TPSA) is 102 Å². The molecule has 0 aliphatic carbocycles. The van der Waals surface area contributed by atoms with E-state index >= 15 is 0 Å². The molecule has 5 rings (SSSR count). The predicted molar refractivity (Wildman–Crippen MR) is 107 cm³/mol. The van der Waals surface area contributed by atoms with Crippen molar-refractivity contribution in [1.82, 2.24) is 14.5 Å². The normalized spacial score (nSPS) is 29.2. The lowest BCUT2D eigenvalue weighted by atomic mass is 9.92. The first-order chi connectivity index (χ1) is 14.1. The number of rotatable bonds is 3. The molecule has 152 valence electrons. The molecular weight excluding hydrogens is 396 g/mol. The molecule has 29 heavy (non-hydrogen) atoms. The summed E-state index contributed by atoms with van der Waals surface area (Å²) in [7, 11) is 1.78. The quantitative estimate of drug-likeness (QED) is 0.600. The van der Waals surface area contributed by atoms with E-state index in [1.165, 1.54) is 6.33 Å². The zero-order valence-corrected chi connectivity index (χ0v) is 16.5. The Balaban J connectivity index is 1.50. The van der Waals surface area contributed by atoms with Gasteiger partial charge in [0.25, 0.3) is 0 Å². The molecule has 1 unspecified atom stereocenters. The van der Waals surface area contributed by atoms with Crippen LogP contribution in [0.1, 0.15) is 23.5 Å². The number of anilines is 1. The highest BCUT2D eigenvalue weighted by molar-refractivity contribution is 6.30. The number of fused-ring (bicyclic) bond motifs is 2. The smallest absolute Gasteiger partial charge is 0.164 e. The van der Waals surface area contributed by atoms with Gasteiger partial charge in [-0.1, -0.05) is 17.7 Å². The Bertz CT molecular complexity index is 1060. The summed E-state index contributed by atoms with van der Waals surface area (Å²) in [6, 6.07) is 7.46. The van der Waals surface area contributed by atoms with Gasteiger partial charge in [0.05, 0.1) is 12.0 Å². The number of nitrogens with zero attached hydrogens (tertiary/aromatic N) is 3. The molecule has 1 aromatic carbocycles. The first kappa shape index (κ1) is 18.8. The summed E-state index contributed by atoms with van der Waals surface area (Å²) in [4.78, 5) is 8.53. The lowest BCUT2D eigenvalue weighted by Crippen LogP contribution is -2.37. The molecular formula is C20H21ClN4O4. The maximum absolute atomic E-state index is 10.8. The summed E-state index contributed by atoms with van der Waals surface area (Å²) in [6.45, 7) is 0.497. The first-order valence-corrected chi connectivity index (χ1v) is 9.87. The zero-order chi connectivity index (χ0) is 20.1. The molecule has 9 heteroatoms. The van der Waals surface area contributed by atoms with Crippen molar-refractivity contribution in [2.24, 2.45) is 0 Å². The van der Waals surface area contributed by atoms with Crippen molar-refractivity contribution in [2.45, 2.75) is 37.1 Å². The Morgan fingerprint density at radius 1 is 1.21 bits per heavy atom. The number of aliphatic hydroxyl groups excluding tert-OH is 2. The second-order valence-electron chi connectivity index (χ2n) is 7.29. The minimum Gasteiger partial charge on any atom is -0.387 e. The molecule has 2 aliphatic heterocycles. The van der Waals surface area contributed by atoms with E-state index < -0.39 is 30.6 Å². The van der Waals surface area contributed by atoms with Crippen molar-refractivity contribution in [1.29, 1.82) is 0 Å². The predicted octanol–water partition coefficient (Wildman–Crippen LogP) is 2.06. The van der Waals surface area contributed by atoms with Crippen LogP contribution in [0.25, 0.3) is 11.0 Å². The SMILES string of the molecule is CNc1ncnc2c1ccn2C1O[C@H]([C@@H]2OCCc3cc(Cl)ccc32)[C@@H](O)[C@H]1O. The second kappa shape index (κ2) is 7.23. The van der Waals surface area contributed by atoms with Crippen molar-refractivity contribution in [2.75, 3.05) is 19.0 Å². The van der Waals surface area contributed by atoms with Crippen LogP contribution in [0, 0.1) is 0 Å². The number of halogens is 1. The van der Waals surface area contributed by atoms with Crippen LogP contribution >= 0.6 is 11.6 Å². The van der Waals surface area contributed by atoms with Crippen molar-refractivity contribution in [3.8, 4) is 0 Å². The molecule has 3 aromatic rings. The molecule has 8 nitrogen and oxygen atoms in total. The van der Waals surface area contributed by atoms with Crippen LogP contribution in [-0.4, -0.2) is 56.7 Å². The van der Waals surface area contributed by atoms with Crippen LogP contribution in [0.2, 0.25) is 5.02 Å². The van der Waals surface area contributed by atoms with E-state index in [0.717, 1.165) is 22.9 Å². The Morgan fingerprint density at radius 2 is 2.07 bits per heavy atom. The summed E-state index contributed by atoms with van der Waals surface area (Å²) in [5.74, 6) is 0.680. The molecule has 1 saturated heterocycles. The van der Waals surface area contributed by atoms with Gasteiger partial charge in [-0.15, -0.1) is 0 Å². The van der Waals surface area contributed by atoms with Crippen LogP contribution in [0.5, 0.6) is 0 Å². The van der Waals surface area contributed by atoms with E-state index in [-0.39, 0.29) is 0 Å². The van der Waals surface area contributed by atoms with Crippen LogP contribution in [0.4, 0.5) is 5.82 Å². The van der Waals surface area contributed by atoms with Gasteiger partial charge in [0, 0.05) is 18.3 Å². The van der Waals surface area contributed by atoms with Gasteiger partial charge < -0.3 is 29.6 Å². The Kier molecular flexibility index (Phi) is 4.68. The van der Waals surface area contributed by atoms with E-state index in [1.54, 1.807) is 23.9 Å². The number of ether oxygens (including phenoxy) is 2. The number of hydrogen-bond acceptors (Lipinski definition) is 7. The van der Waals surface area contributed by atoms with E-state index in [2.05, 4.69) is 15.3 Å². The monoisotopic (exact) mass is 416 g/mol. The maximum atomic E-state index is 10.8. The van der Waals surface area contributed by atoms with E-state index in [4.69, 9.17) is 21.1 Å². The average Bonchev–Trinajstić information content (AvgIpc) is 3.28. The number of aliphatic hydroxyl groups is 2. The molecule has 0 amide bonds. The second-order valence-corrected chi connectivity index (χ2v) is 7.73. The van der Waals surface area contributed by atoms with Crippen molar-refractivity contribution in [3.05, 3.63) is 52.9 Å². The molecule has 2 aromatic heterocycles. The van der Waals surface area contributed by atoms with E-state index in [1.807, 2.05) is 18.2 Å². The molecule has 4 heterocycles. The van der Waals surface area contributed by atoms with Crippen molar-refractivity contribution < 1.29 is 19.7 Å². The molecule has 5 atom stereocenters. The largest absolute Gasteiger partial charge is 0.387 e. The van der Waals surface area contributed by atoms with Gasteiger partial charge in [0.1, 0.15) is 42.2 Å². The highest BCUT2D eigenvalue weighted by atomic mass is 35.5. The standard InChI is InChI=1S/C20H21ClN4O4/c1-22-18-13-4-6-25(19(13)24-9-23-18)20-15(27)14(26)17(29-20)16-12-3-2-11(21)8-10(12)5-7-28-16/h2-4,6,8-9,14-17,20,26-27H,5,7H2,1H3,(H,22,23,24)/t14-,15+,16+,17-,20?/m0/s1. The maximum Gasteiger partial charge on any atom is 0.164 e. The van der Waals surface area contributed by atoms with Crippen LogP contribution in [0.15, 0.2) is 36.8 Å². The minimum atomic E-state index is -1.13. The summed E-state index contributed by atoms with van der Waals surface area (Å²) in [5, 5.41) is 26.1. The molecule has 3 N–H and O–H groups in total. The van der Waals surface area contributed by atoms with Crippen LogP contribution in [0.3, 0.4) is 0 Å². The van der Waals surface area contributed by atoms with Gasteiger partial charge in [0.2, 0.25) is 0 Å². The molecule has 0 saturated carbocycles. The fourth-order valence-corrected chi connectivity index (χ4v) is 4.46. The first-order valence-electron chi connectivity index (χ1n) is 9.49. The summed E-state index contributed by atoms with van der Waals surface area (Å²) in [5.41, 5.74) is 2.60.